The quantitative estimate of drug-likeness (QED) is 0.453. The number of hydrogen-bond donors (Lipinski definition) is 2. The first-order valence-corrected chi connectivity index (χ1v) is 8.49. The number of nitrogens with zero attached hydrogens (tertiary/aromatic N) is 4. The van der Waals surface area contributed by atoms with E-state index < -0.39 is 0 Å². The number of likely N-dealkylation sites (N-methyl/N-ethyl adjacent to an activating group) is 1. The van der Waals surface area contributed by atoms with Crippen molar-refractivity contribution in [2.75, 3.05) is 33.2 Å². The minimum absolute atomic E-state index is 0.640. The van der Waals surface area contributed by atoms with E-state index in [0.717, 1.165) is 38.6 Å². The second kappa shape index (κ2) is 9.46. The molecule has 0 spiro atoms. The summed E-state index contributed by atoms with van der Waals surface area (Å²) in [6, 6.07) is 2.60. The summed E-state index contributed by atoms with van der Waals surface area (Å²) in [7, 11) is 1.83. The molecule has 22 heavy (non-hydrogen) atoms. The van der Waals surface area contributed by atoms with Crippen LogP contribution in [0.1, 0.15) is 32.6 Å². The highest BCUT2D eigenvalue weighted by Gasteiger charge is 2.20. The van der Waals surface area contributed by atoms with E-state index in [2.05, 4.69) is 32.5 Å². The van der Waals surface area contributed by atoms with Crippen molar-refractivity contribution in [2.45, 2.75) is 45.2 Å². The SMILES string of the molecule is CCN1CCCCC1CNC(=NC)NCCCn1cccn1. The summed E-state index contributed by atoms with van der Waals surface area (Å²) in [6.45, 7) is 7.44. The minimum Gasteiger partial charge on any atom is -0.356 e. The van der Waals surface area contributed by atoms with E-state index >= 15 is 0 Å². The Morgan fingerprint density at radius 1 is 1.36 bits per heavy atom. The van der Waals surface area contributed by atoms with Crippen molar-refractivity contribution in [3.8, 4) is 0 Å². The highest BCUT2D eigenvalue weighted by molar-refractivity contribution is 5.79. The highest BCUT2D eigenvalue weighted by Crippen LogP contribution is 2.15. The molecule has 1 aromatic rings. The molecule has 1 fully saturated rings. The van der Waals surface area contributed by atoms with E-state index in [1.54, 1.807) is 0 Å². The number of likely N-dealkylation sites (tertiary alicyclic amines) is 1. The Labute approximate surface area is 134 Å². The molecule has 1 saturated heterocycles. The van der Waals surface area contributed by atoms with Crippen LogP contribution >= 0.6 is 0 Å². The number of guanidine groups is 1. The normalized spacial score (nSPS) is 20.1. The topological polar surface area (TPSA) is 57.5 Å². The van der Waals surface area contributed by atoms with Gasteiger partial charge in [-0.15, -0.1) is 0 Å². The molecule has 1 unspecified atom stereocenters. The van der Waals surface area contributed by atoms with Gasteiger partial charge in [-0.05, 0) is 38.4 Å². The molecule has 1 aromatic heterocycles. The number of aromatic nitrogens is 2. The lowest BCUT2D eigenvalue weighted by Gasteiger charge is -2.35. The maximum absolute atomic E-state index is 4.31. The van der Waals surface area contributed by atoms with Crippen molar-refractivity contribution in [3.05, 3.63) is 18.5 Å². The van der Waals surface area contributed by atoms with Gasteiger partial charge in [0.2, 0.25) is 0 Å². The first kappa shape index (κ1) is 16.8. The molecule has 0 aromatic carbocycles. The predicted molar refractivity (Wildman–Crippen MR) is 91.1 cm³/mol. The van der Waals surface area contributed by atoms with Crippen LogP contribution in [0.3, 0.4) is 0 Å². The molecule has 1 aliphatic rings. The molecule has 1 atom stereocenters. The minimum atomic E-state index is 0.640. The molecule has 0 radical (unpaired) electrons. The first-order valence-electron chi connectivity index (χ1n) is 8.49. The Kier molecular flexibility index (Phi) is 7.22. The summed E-state index contributed by atoms with van der Waals surface area (Å²) >= 11 is 0. The van der Waals surface area contributed by atoms with E-state index in [9.17, 15) is 0 Å². The number of rotatable bonds is 7. The molecular weight excluding hydrogens is 276 g/mol. The molecule has 0 saturated carbocycles. The zero-order valence-electron chi connectivity index (χ0n) is 14.0. The van der Waals surface area contributed by atoms with Gasteiger partial charge in [-0.25, -0.2) is 0 Å². The van der Waals surface area contributed by atoms with Gasteiger partial charge in [-0.3, -0.25) is 14.6 Å². The lowest BCUT2D eigenvalue weighted by Crippen LogP contribution is -2.49. The summed E-state index contributed by atoms with van der Waals surface area (Å²) in [5.74, 6) is 0.905. The fourth-order valence-electron chi connectivity index (χ4n) is 3.02. The van der Waals surface area contributed by atoms with Crippen LogP contribution in [-0.2, 0) is 6.54 Å². The van der Waals surface area contributed by atoms with Gasteiger partial charge in [0, 0.05) is 45.1 Å². The van der Waals surface area contributed by atoms with Crippen molar-refractivity contribution in [1.82, 2.24) is 25.3 Å². The van der Waals surface area contributed by atoms with Crippen LogP contribution in [0, 0.1) is 0 Å². The summed E-state index contributed by atoms with van der Waals surface area (Å²) in [5, 5.41) is 11.1. The lowest BCUT2D eigenvalue weighted by molar-refractivity contribution is 0.157. The van der Waals surface area contributed by atoms with Crippen LogP contribution in [0.25, 0.3) is 0 Å². The largest absolute Gasteiger partial charge is 0.356 e. The van der Waals surface area contributed by atoms with Gasteiger partial charge in [0.25, 0.3) is 0 Å². The number of piperidine rings is 1. The Morgan fingerprint density at radius 3 is 3.00 bits per heavy atom. The average Bonchev–Trinajstić information content (AvgIpc) is 3.08. The van der Waals surface area contributed by atoms with Gasteiger partial charge in [0.1, 0.15) is 0 Å². The van der Waals surface area contributed by atoms with Crippen LogP contribution in [0.15, 0.2) is 23.5 Å². The first-order chi connectivity index (χ1) is 10.8. The van der Waals surface area contributed by atoms with Gasteiger partial charge in [0.05, 0.1) is 0 Å². The molecular formula is C16H30N6. The van der Waals surface area contributed by atoms with Gasteiger partial charge in [-0.1, -0.05) is 13.3 Å². The van der Waals surface area contributed by atoms with Gasteiger partial charge < -0.3 is 10.6 Å². The van der Waals surface area contributed by atoms with Crippen LogP contribution in [0.5, 0.6) is 0 Å². The lowest BCUT2D eigenvalue weighted by atomic mass is 10.0. The van der Waals surface area contributed by atoms with Crippen molar-refractivity contribution in [1.29, 1.82) is 0 Å². The van der Waals surface area contributed by atoms with Crippen molar-refractivity contribution in [2.24, 2.45) is 4.99 Å². The second-order valence-electron chi connectivity index (χ2n) is 5.78. The van der Waals surface area contributed by atoms with E-state index in [4.69, 9.17) is 0 Å². The van der Waals surface area contributed by atoms with Crippen LogP contribution < -0.4 is 10.6 Å². The molecule has 0 aliphatic carbocycles. The number of hydrogen-bond acceptors (Lipinski definition) is 3. The van der Waals surface area contributed by atoms with Crippen LogP contribution in [0.2, 0.25) is 0 Å². The molecule has 2 heterocycles. The summed E-state index contributed by atoms with van der Waals surface area (Å²) < 4.78 is 1.96. The van der Waals surface area contributed by atoms with E-state index in [1.165, 1.54) is 25.8 Å². The zero-order valence-corrected chi connectivity index (χ0v) is 14.0. The Hall–Kier alpha value is -1.56. The van der Waals surface area contributed by atoms with E-state index in [1.807, 2.05) is 30.2 Å². The van der Waals surface area contributed by atoms with Gasteiger partial charge in [0.15, 0.2) is 5.96 Å². The fraction of sp³-hybridized carbons (Fsp3) is 0.750. The Bertz CT molecular complexity index is 428. The van der Waals surface area contributed by atoms with Crippen molar-refractivity contribution >= 4 is 5.96 Å². The summed E-state index contributed by atoms with van der Waals surface area (Å²) in [4.78, 5) is 6.88. The molecule has 6 heteroatoms. The molecule has 2 N–H and O–H groups in total. The molecule has 1 aliphatic heterocycles. The number of aryl methyl sites for hydroxylation is 1. The molecule has 2 rings (SSSR count). The Balaban J connectivity index is 1.64. The predicted octanol–water partition coefficient (Wildman–Crippen LogP) is 1.31. The number of aliphatic imine (C=N–C) groups is 1. The smallest absolute Gasteiger partial charge is 0.191 e. The van der Waals surface area contributed by atoms with Crippen LogP contribution in [-0.4, -0.2) is 59.9 Å². The van der Waals surface area contributed by atoms with E-state index in [0.29, 0.717) is 6.04 Å². The third-order valence-corrected chi connectivity index (χ3v) is 4.30. The Morgan fingerprint density at radius 2 is 2.27 bits per heavy atom. The zero-order chi connectivity index (χ0) is 15.6. The van der Waals surface area contributed by atoms with E-state index in [-0.39, 0.29) is 0 Å². The van der Waals surface area contributed by atoms with Crippen molar-refractivity contribution in [3.63, 3.8) is 0 Å². The third-order valence-electron chi connectivity index (χ3n) is 4.30. The molecule has 6 nitrogen and oxygen atoms in total. The second-order valence-corrected chi connectivity index (χ2v) is 5.78. The van der Waals surface area contributed by atoms with Gasteiger partial charge >= 0.3 is 0 Å². The number of nitrogens with one attached hydrogen (secondary N) is 2. The maximum atomic E-state index is 4.31. The monoisotopic (exact) mass is 306 g/mol. The highest BCUT2D eigenvalue weighted by atomic mass is 15.3. The van der Waals surface area contributed by atoms with Crippen molar-refractivity contribution < 1.29 is 0 Å². The standard InChI is InChI=1S/C16H30N6/c1-3-21-11-5-4-8-15(21)14-19-16(17-2)18-9-6-12-22-13-7-10-20-22/h7,10,13,15H,3-6,8-9,11-12,14H2,1-2H3,(H2,17,18,19). The molecule has 124 valence electrons. The van der Waals surface area contributed by atoms with Crippen LogP contribution in [0.4, 0.5) is 0 Å². The average molecular weight is 306 g/mol. The maximum Gasteiger partial charge on any atom is 0.191 e. The fourth-order valence-corrected chi connectivity index (χ4v) is 3.02. The molecule has 0 amide bonds. The molecule has 0 bridgehead atoms. The summed E-state index contributed by atoms with van der Waals surface area (Å²) in [5.41, 5.74) is 0. The third kappa shape index (κ3) is 5.33. The summed E-state index contributed by atoms with van der Waals surface area (Å²) in [6.07, 6.45) is 8.82. The van der Waals surface area contributed by atoms with Gasteiger partial charge in [-0.2, -0.15) is 5.10 Å².